The standard InChI is InChI=1S/C9H10N2O2/c1-11-9(13)7-4-2-6(3-5-7)8(10)12/h2-5H,1H3,(H2,10,12)(H,11,13). The maximum Gasteiger partial charge on any atom is 0.251 e. The maximum absolute atomic E-state index is 11.1. The van der Waals surface area contributed by atoms with Gasteiger partial charge in [-0.2, -0.15) is 0 Å². The van der Waals surface area contributed by atoms with Crippen molar-refractivity contribution in [1.82, 2.24) is 5.32 Å². The summed E-state index contributed by atoms with van der Waals surface area (Å²) in [4.78, 5) is 21.7. The summed E-state index contributed by atoms with van der Waals surface area (Å²) in [6, 6.07) is 6.15. The molecule has 1 rings (SSSR count). The van der Waals surface area contributed by atoms with E-state index in [9.17, 15) is 9.59 Å². The van der Waals surface area contributed by atoms with Crippen molar-refractivity contribution in [2.75, 3.05) is 7.05 Å². The van der Waals surface area contributed by atoms with Crippen LogP contribution in [0.2, 0.25) is 0 Å². The second-order valence-corrected chi connectivity index (χ2v) is 2.52. The van der Waals surface area contributed by atoms with Gasteiger partial charge in [-0.1, -0.05) is 0 Å². The quantitative estimate of drug-likeness (QED) is 0.676. The molecule has 1 aromatic rings. The summed E-state index contributed by atoms with van der Waals surface area (Å²) in [6.45, 7) is 0. The lowest BCUT2D eigenvalue weighted by Gasteiger charge is -1.99. The average Bonchev–Trinajstić information content (AvgIpc) is 2.17. The Morgan fingerprint density at radius 1 is 1.15 bits per heavy atom. The first-order chi connectivity index (χ1) is 6.15. The first-order valence-electron chi connectivity index (χ1n) is 3.77. The third kappa shape index (κ3) is 2.05. The molecule has 0 saturated heterocycles. The van der Waals surface area contributed by atoms with Gasteiger partial charge in [0.25, 0.3) is 5.91 Å². The van der Waals surface area contributed by atoms with Crippen LogP contribution < -0.4 is 11.1 Å². The summed E-state index contributed by atoms with van der Waals surface area (Å²) in [5, 5.41) is 2.47. The fourth-order valence-corrected chi connectivity index (χ4v) is 0.930. The van der Waals surface area contributed by atoms with Crippen molar-refractivity contribution in [1.29, 1.82) is 0 Å². The molecule has 0 fully saturated rings. The van der Waals surface area contributed by atoms with Crippen molar-refractivity contribution < 1.29 is 9.59 Å². The Labute approximate surface area is 75.7 Å². The number of benzene rings is 1. The normalized spacial score (nSPS) is 9.31. The van der Waals surface area contributed by atoms with Gasteiger partial charge < -0.3 is 11.1 Å². The van der Waals surface area contributed by atoms with Gasteiger partial charge in [-0.05, 0) is 24.3 Å². The molecule has 0 radical (unpaired) electrons. The molecule has 0 atom stereocenters. The average molecular weight is 178 g/mol. The zero-order valence-corrected chi connectivity index (χ0v) is 7.20. The third-order valence-corrected chi connectivity index (χ3v) is 1.66. The second-order valence-electron chi connectivity index (χ2n) is 2.52. The Kier molecular flexibility index (Phi) is 2.64. The highest BCUT2D eigenvalue weighted by atomic mass is 16.1. The minimum Gasteiger partial charge on any atom is -0.366 e. The van der Waals surface area contributed by atoms with Gasteiger partial charge >= 0.3 is 0 Å². The number of amides is 2. The van der Waals surface area contributed by atoms with Crippen LogP contribution in [0.4, 0.5) is 0 Å². The van der Waals surface area contributed by atoms with Gasteiger partial charge in [0.1, 0.15) is 0 Å². The number of carbonyl (C=O) groups is 2. The molecule has 0 aliphatic heterocycles. The molecule has 0 saturated carbocycles. The van der Waals surface area contributed by atoms with Crippen LogP contribution in [0, 0.1) is 0 Å². The van der Waals surface area contributed by atoms with E-state index in [1.807, 2.05) is 0 Å². The monoisotopic (exact) mass is 178 g/mol. The van der Waals surface area contributed by atoms with Crippen molar-refractivity contribution in [2.45, 2.75) is 0 Å². The number of primary amides is 1. The first-order valence-corrected chi connectivity index (χ1v) is 3.77. The zero-order valence-electron chi connectivity index (χ0n) is 7.20. The van der Waals surface area contributed by atoms with E-state index in [1.54, 1.807) is 19.2 Å². The molecule has 1 aromatic carbocycles. The highest BCUT2D eigenvalue weighted by molar-refractivity contribution is 5.97. The molecule has 0 spiro atoms. The van der Waals surface area contributed by atoms with Gasteiger partial charge in [0.2, 0.25) is 5.91 Å². The van der Waals surface area contributed by atoms with Crippen molar-refractivity contribution in [3.05, 3.63) is 35.4 Å². The summed E-state index contributed by atoms with van der Waals surface area (Å²) in [7, 11) is 1.55. The highest BCUT2D eigenvalue weighted by Crippen LogP contribution is 2.03. The SMILES string of the molecule is CNC(=O)c1ccc(C(N)=O)cc1. The number of hydrogen-bond acceptors (Lipinski definition) is 2. The smallest absolute Gasteiger partial charge is 0.251 e. The van der Waals surface area contributed by atoms with E-state index in [1.165, 1.54) is 12.1 Å². The lowest BCUT2D eigenvalue weighted by molar-refractivity contribution is 0.0959. The van der Waals surface area contributed by atoms with Crippen LogP contribution in [-0.4, -0.2) is 18.9 Å². The van der Waals surface area contributed by atoms with E-state index in [4.69, 9.17) is 5.73 Å². The number of hydrogen-bond donors (Lipinski definition) is 2. The molecule has 0 bridgehead atoms. The lowest BCUT2D eigenvalue weighted by Crippen LogP contribution is -2.18. The van der Waals surface area contributed by atoms with E-state index in [0.717, 1.165) is 0 Å². The zero-order chi connectivity index (χ0) is 9.84. The van der Waals surface area contributed by atoms with Gasteiger partial charge in [-0.3, -0.25) is 9.59 Å². The van der Waals surface area contributed by atoms with Crippen molar-refractivity contribution in [3.63, 3.8) is 0 Å². The Balaban J connectivity index is 2.93. The van der Waals surface area contributed by atoms with E-state index >= 15 is 0 Å². The van der Waals surface area contributed by atoms with Crippen LogP contribution in [0.15, 0.2) is 24.3 Å². The minimum atomic E-state index is -0.497. The Morgan fingerprint density at radius 2 is 1.62 bits per heavy atom. The minimum absolute atomic E-state index is 0.184. The Bertz CT molecular complexity index is 330. The Morgan fingerprint density at radius 3 is 2.00 bits per heavy atom. The number of nitrogens with one attached hydrogen (secondary N) is 1. The molecule has 4 nitrogen and oxygen atoms in total. The summed E-state index contributed by atoms with van der Waals surface area (Å²) in [5.74, 6) is -0.681. The molecular formula is C9H10N2O2. The van der Waals surface area contributed by atoms with E-state index in [0.29, 0.717) is 11.1 Å². The van der Waals surface area contributed by atoms with E-state index < -0.39 is 5.91 Å². The molecular weight excluding hydrogens is 168 g/mol. The molecule has 0 unspecified atom stereocenters. The van der Waals surface area contributed by atoms with Gasteiger partial charge in [0, 0.05) is 18.2 Å². The van der Waals surface area contributed by atoms with Crippen LogP contribution in [0.3, 0.4) is 0 Å². The van der Waals surface area contributed by atoms with Gasteiger partial charge in [0.15, 0.2) is 0 Å². The molecule has 0 aliphatic rings. The predicted molar refractivity (Wildman–Crippen MR) is 48.4 cm³/mol. The molecule has 0 aliphatic carbocycles. The summed E-state index contributed by atoms with van der Waals surface area (Å²) in [6.07, 6.45) is 0. The fourth-order valence-electron chi connectivity index (χ4n) is 0.930. The third-order valence-electron chi connectivity index (χ3n) is 1.66. The molecule has 0 aromatic heterocycles. The van der Waals surface area contributed by atoms with Crippen molar-refractivity contribution in [3.8, 4) is 0 Å². The number of nitrogens with two attached hydrogens (primary N) is 1. The van der Waals surface area contributed by atoms with E-state index in [2.05, 4.69) is 5.32 Å². The first kappa shape index (κ1) is 9.25. The summed E-state index contributed by atoms with van der Waals surface area (Å²) in [5.41, 5.74) is 5.94. The van der Waals surface area contributed by atoms with E-state index in [-0.39, 0.29) is 5.91 Å². The second kappa shape index (κ2) is 3.71. The van der Waals surface area contributed by atoms with Crippen LogP contribution >= 0.6 is 0 Å². The van der Waals surface area contributed by atoms with Gasteiger partial charge in [-0.15, -0.1) is 0 Å². The molecule has 3 N–H and O–H groups in total. The van der Waals surface area contributed by atoms with Crippen LogP contribution in [0.5, 0.6) is 0 Å². The topological polar surface area (TPSA) is 72.2 Å². The lowest BCUT2D eigenvalue weighted by atomic mass is 10.1. The molecule has 13 heavy (non-hydrogen) atoms. The van der Waals surface area contributed by atoms with Crippen LogP contribution in [-0.2, 0) is 0 Å². The van der Waals surface area contributed by atoms with Gasteiger partial charge in [0.05, 0.1) is 0 Å². The predicted octanol–water partition coefficient (Wildman–Crippen LogP) is 0.145. The maximum atomic E-state index is 11.1. The van der Waals surface area contributed by atoms with Crippen molar-refractivity contribution >= 4 is 11.8 Å². The number of carbonyl (C=O) groups excluding carboxylic acids is 2. The fraction of sp³-hybridized carbons (Fsp3) is 0.111. The van der Waals surface area contributed by atoms with Crippen LogP contribution in [0.25, 0.3) is 0 Å². The summed E-state index contributed by atoms with van der Waals surface area (Å²) < 4.78 is 0. The Hall–Kier alpha value is -1.84. The van der Waals surface area contributed by atoms with Crippen LogP contribution in [0.1, 0.15) is 20.7 Å². The number of rotatable bonds is 2. The molecule has 68 valence electrons. The van der Waals surface area contributed by atoms with Crippen molar-refractivity contribution in [2.24, 2.45) is 5.73 Å². The highest BCUT2D eigenvalue weighted by Gasteiger charge is 2.03. The van der Waals surface area contributed by atoms with Gasteiger partial charge in [-0.25, -0.2) is 0 Å². The molecule has 4 heteroatoms. The largest absolute Gasteiger partial charge is 0.366 e. The molecule has 0 heterocycles. The summed E-state index contributed by atoms with van der Waals surface area (Å²) >= 11 is 0. The molecule has 2 amide bonds.